The van der Waals surface area contributed by atoms with Gasteiger partial charge in [0.2, 0.25) is 10.0 Å². The summed E-state index contributed by atoms with van der Waals surface area (Å²) >= 11 is 3.32. The molecule has 6 heteroatoms. The van der Waals surface area contributed by atoms with Crippen molar-refractivity contribution in [2.75, 3.05) is 23.7 Å². The van der Waals surface area contributed by atoms with E-state index in [0.29, 0.717) is 12.3 Å². The van der Waals surface area contributed by atoms with Gasteiger partial charge in [-0.2, -0.15) is 0 Å². The smallest absolute Gasteiger partial charge is 0.235 e. The normalized spacial score (nSPS) is 11.5. The molecule has 0 saturated carbocycles. The Morgan fingerprint density at radius 3 is 2.65 bits per heavy atom. The number of rotatable bonds is 6. The van der Waals surface area contributed by atoms with Crippen LogP contribution in [0.2, 0.25) is 0 Å². The molecule has 0 bridgehead atoms. The zero-order valence-corrected chi connectivity index (χ0v) is 12.3. The summed E-state index contributed by atoms with van der Waals surface area (Å²) in [6.07, 6.45) is 0. The van der Waals surface area contributed by atoms with Crippen molar-refractivity contribution < 1.29 is 13.2 Å². The van der Waals surface area contributed by atoms with Gasteiger partial charge >= 0.3 is 0 Å². The van der Waals surface area contributed by atoms with Crippen molar-refractivity contribution in [1.82, 2.24) is 0 Å². The second-order valence-electron chi connectivity index (χ2n) is 3.64. The lowest BCUT2D eigenvalue weighted by Crippen LogP contribution is -2.20. The van der Waals surface area contributed by atoms with Crippen LogP contribution in [0.3, 0.4) is 0 Å². The average Bonchev–Trinajstić information content (AvgIpc) is 2.14. The maximum Gasteiger partial charge on any atom is 0.235 e. The zero-order valence-electron chi connectivity index (χ0n) is 9.86. The first kappa shape index (κ1) is 14.5. The van der Waals surface area contributed by atoms with Gasteiger partial charge in [0, 0.05) is 16.8 Å². The van der Waals surface area contributed by atoms with E-state index in [1.54, 1.807) is 12.1 Å². The molecule has 0 amide bonds. The minimum atomic E-state index is -3.34. The van der Waals surface area contributed by atoms with E-state index in [1.807, 2.05) is 19.9 Å². The molecule has 96 valence electrons. The van der Waals surface area contributed by atoms with Crippen molar-refractivity contribution in [3.63, 3.8) is 0 Å². The Morgan fingerprint density at radius 2 is 2.06 bits per heavy atom. The van der Waals surface area contributed by atoms with E-state index in [2.05, 4.69) is 20.7 Å². The molecule has 4 nitrogen and oxygen atoms in total. The van der Waals surface area contributed by atoms with Gasteiger partial charge in [0.05, 0.1) is 12.4 Å². The molecule has 0 aliphatic carbocycles. The maximum absolute atomic E-state index is 11.7. The van der Waals surface area contributed by atoms with Crippen LogP contribution in [-0.4, -0.2) is 27.4 Å². The van der Waals surface area contributed by atoms with Crippen LogP contribution in [-0.2, 0) is 14.8 Å². The number of hydrogen-bond donors (Lipinski definition) is 1. The number of hydrogen-bond acceptors (Lipinski definition) is 3. The van der Waals surface area contributed by atoms with Gasteiger partial charge in [0.1, 0.15) is 0 Å². The van der Waals surface area contributed by atoms with Crippen molar-refractivity contribution in [1.29, 1.82) is 0 Å². The molecule has 1 aromatic carbocycles. The number of benzene rings is 1. The second kappa shape index (κ2) is 6.37. The van der Waals surface area contributed by atoms with Crippen molar-refractivity contribution in [3.8, 4) is 0 Å². The van der Waals surface area contributed by atoms with E-state index in [9.17, 15) is 8.42 Å². The summed E-state index contributed by atoms with van der Waals surface area (Å²) in [5, 5.41) is 0. The SMILES string of the molecule is CCOCCS(=O)(=O)Nc1cc(C)cc(Br)c1. The summed E-state index contributed by atoms with van der Waals surface area (Å²) in [7, 11) is -3.34. The zero-order chi connectivity index (χ0) is 12.9. The Kier molecular flexibility index (Phi) is 5.42. The summed E-state index contributed by atoms with van der Waals surface area (Å²) in [5.41, 5.74) is 1.55. The number of sulfonamides is 1. The Bertz CT molecular complexity index is 453. The van der Waals surface area contributed by atoms with Crippen molar-refractivity contribution >= 4 is 31.6 Å². The van der Waals surface area contributed by atoms with Crippen molar-refractivity contribution in [2.45, 2.75) is 13.8 Å². The van der Waals surface area contributed by atoms with Gasteiger partial charge in [0.25, 0.3) is 0 Å². The summed E-state index contributed by atoms with van der Waals surface area (Å²) < 4.78 is 31.8. The predicted octanol–water partition coefficient (Wildman–Crippen LogP) is 2.54. The molecule has 0 atom stereocenters. The molecular formula is C11H16BrNO3S. The van der Waals surface area contributed by atoms with Gasteiger partial charge in [0.15, 0.2) is 0 Å². The molecule has 0 aliphatic heterocycles. The van der Waals surface area contributed by atoms with Gasteiger partial charge in [-0.3, -0.25) is 4.72 Å². The molecule has 0 unspecified atom stereocenters. The van der Waals surface area contributed by atoms with Crippen LogP contribution >= 0.6 is 15.9 Å². The van der Waals surface area contributed by atoms with Gasteiger partial charge in [-0.05, 0) is 37.6 Å². The highest BCUT2D eigenvalue weighted by atomic mass is 79.9. The molecule has 17 heavy (non-hydrogen) atoms. The largest absolute Gasteiger partial charge is 0.381 e. The van der Waals surface area contributed by atoms with Crippen LogP contribution in [0.5, 0.6) is 0 Å². The maximum atomic E-state index is 11.7. The minimum Gasteiger partial charge on any atom is -0.381 e. The lowest BCUT2D eigenvalue weighted by molar-refractivity contribution is 0.163. The van der Waals surface area contributed by atoms with E-state index in [0.717, 1.165) is 10.0 Å². The summed E-state index contributed by atoms with van der Waals surface area (Å²) in [5.74, 6) is -0.0353. The minimum absolute atomic E-state index is 0.0353. The number of halogens is 1. The molecule has 0 aliphatic rings. The number of aryl methyl sites for hydroxylation is 1. The van der Waals surface area contributed by atoms with Crippen LogP contribution in [0, 0.1) is 6.92 Å². The molecule has 1 N–H and O–H groups in total. The third kappa shape index (κ3) is 5.52. The van der Waals surface area contributed by atoms with Crippen LogP contribution in [0.25, 0.3) is 0 Å². The summed E-state index contributed by atoms with van der Waals surface area (Å²) in [6.45, 7) is 4.46. The molecule has 1 rings (SSSR count). The van der Waals surface area contributed by atoms with Crippen molar-refractivity contribution in [3.05, 3.63) is 28.2 Å². The predicted molar refractivity (Wildman–Crippen MR) is 72.8 cm³/mol. The number of ether oxygens (including phenoxy) is 1. The third-order valence-electron chi connectivity index (χ3n) is 2.02. The Hall–Kier alpha value is -0.590. The molecule has 0 saturated heterocycles. The Morgan fingerprint density at radius 1 is 1.35 bits per heavy atom. The molecule has 0 spiro atoms. The summed E-state index contributed by atoms with van der Waals surface area (Å²) in [6, 6.07) is 5.42. The van der Waals surface area contributed by atoms with E-state index in [-0.39, 0.29) is 12.4 Å². The summed E-state index contributed by atoms with van der Waals surface area (Å²) in [4.78, 5) is 0. The van der Waals surface area contributed by atoms with E-state index in [1.165, 1.54) is 0 Å². The van der Waals surface area contributed by atoms with E-state index >= 15 is 0 Å². The first-order valence-electron chi connectivity index (χ1n) is 5.28. The lowest BCUT2D eigenvalue weighted by atomic mass is 10.2. The number of anilines is 1. The Labute approximate surface area is 111 Å². The molecule has 0 radical (unpaired) electrons. The van der Waals surface area contributed by atoms with Gasteiger partial charge < -0.3 is 4.74 Å². The fourth-order valence-electron chi connectivity index (χ4n) is 1.34. The molecule has 1 aromatic rings. The quantitative estimate of drug-likeness (QED) is 0.819. The van der Waals surface area contributed by atoms with Crippen LogP contribution in [0.1, 0.15) is 12.5 Å². The fourth-order valence-corrected chi connectivity index (χ4v) is 2.86. The number of nitrogens with one attached hydrogen (secondary N) is 1. The monoisotopic (exact) mass is 321 g/mol. The second-order valence-corrected chi connectivity index (χ2v) is 6.39. The van der Waals surface area contributed by atoms with Crippen molar-refractivity contribution in [2.24, 2.45) is 0 Å². The molecule has 0 fully saturated rings. The fraction of sp³-hybridized carbons (Fsp3) is 0.455. The first-order chi connectivity index (χ1) is 7.93. The Balaban J connectivity index is 2.69. The topological polar surface area (TPSA) is 55.4 Å². The molecule has 0 heterocycles. The highest BCUT2D eigenvalue weighted by molar-refractivity contribution is 9.10. The van der Waals surface area contributed by atoms with Crippen LogP contribution in [0.4, 0.5) is 5.69 Å². The van der Waals surface area contributed by atoms with Crippen LogP contribution < -0.4 is 4.72 Å². The third-order valence-corrected chi connectivity index (χ3v) is 3.72. The standard InChI is InChI=1S/C11H16BrNO3S/c1-3-16-4-5-17(14,15)13-11-7-9(2)6-10(12)8-11/h6-8,13H,3-5H2,1-2H3. The van der Waals surface area contributed by atoms with Gasteiger partial charge in [-0.1, -0.05) is 15.9 Å². The highest BCUT2D eigenvalue weighted by Crippen LogP contribution is 2.19. The lowest BCUT2D eigenvalue weighted by Gasteiger charge is -2.09. The highest BCUT2D eigenvalue weighted by Gasteiger charge is 2.10. The first-order valence-corrected chi connectivity index (χ1v) is 7.73. The molecule has 0 aromatic heterocycles. The van der Waals surface area contributed by atoms with Gasteiger partial charge in [-0.25, -0.2) is 8.42 Å². The van der Waals surface area contributed by atoms with Gasteiger partial charge in [-0.15, -0.1) is 0 Å². The van der Waals surface area contributed by atoms with Crippen LogP contribution in [0.15, 0.2) is 22.7 Å². The van der Waals surface area contributed by atoms with E-state index < -0.39 is 10.0 Å². The van der Waals surface area contributed by atoms with E-state index in [4.69, 9.17) is 4.74 Å². The average molecular weight is 322 g/mol. The molecular weight excluding hydrogens is 306 g/mol.